The molecule has 0 spiro atoms. The molecule has 0 saturated carbocycles. The normalized spacial score (nSPS) is 19.1. The highest BCUT2D eigenvalue weighted by Gasteiger charge is 2.39. The van der Waals surface area contributed by atoms with Gasteiger partial charge in [-0.1, -0.05) is 29.8 Å². The first kappa shape index (κ1) is 27.0. The van der Waals surface area contributed by atoms with Crippen molar-refractivity contribution in [2.45, 2.75) is 38.6 Å². The second kappa shape index (κ2) is 10.4. The van der Waals surface area contributed by atoms with Crippen molar-refractivity contribution < 1.29 is 32.6 Å². The molecule has 1 aliphatic heterocycles. The zero-order valence-corrected chi connectivity index (χ0v) is 21.7. The van der Waals surface area contributed by atoms with Gasteiger partial charge in [0.25, 0.3) is 0 Å². The molecule has 4 rings (SSSR count). The molecular weight excluding hydrogens is 527 g/mol. The van der Waals surface area contributed by atoms with Crippen LogP contribution < -0.4 is 10.6 Å². The van der Waals surface area contributed by atoms with Crippen molar-refractivity contribution >= 4 is 52.8 Å². The zero-order chi connectivity index (χ0) is 27.1. The van der Waals surface area contributed by atoms with Gasteiger partial charge in [-0.25, -0.2) is 8.78 Å². The van der Waals surface area contributed by atoms with E-state index in [9.17, 15) is 32.6 Å². The number of carbonyl (C=O) groups excluding carboxylic acids is 3. The number of likely N-dealkylation sites (tertiary alicyclic amines) is 1. The highest BCUT2D eigenvalue weighted by molar-refractivity contribution is 7.65. The first-order valence-electron chi connectivity index (χ1n) is 11.5. The molecule has 1 fully saturated rings. The second-order valence-electron chi connectivity index (χ2n) is 9.13. The Morgan fingerprint density at radius 3 is 2.65 bits per heavy atom. The van der Waals surface area contributed by atoms with Crippen LogP contribution in [0.4, 0.5) is 8.78 Å². The average molecular weight is 552 g/mol. The van der Waals surface area contributed by atoms with Crippen LogP contribution in [0.3, 0.4) is 0 Å². The number of alkyl halides is 1. The summed E-state index contributed by atoms with van der Waals surface area (Å²) in [4.78, 5) is 49.4. The number of hydrogen-bond acceptors (Lipinski definition) is 4. The molecule has 0 aliphatic carbocycles. The molecule has 3 atom stereocenters. The minimum atomic E-state index is -3.61. The standard InChI is InChI=1S/C25H25ClF2N3O5P/c1-14(32)19-12-30(21-9-17(37(2,35)36)6-7-18(19)21)13-23(33)31-11-16(27)8-22(31)25(34)29-10-15-4-3-5-20(26)24(15)28/h3-7,9,12,16,22H,8,10-11,13H2,1-2H3,(H,29,34)(H,35,36)/t16-,22?/m1/s1. The quantitative estimate of drug-likeness (QED) is 0.345. The average Bonchev–Trinajstić information content (AvgIpc) is 3.40. The molecule has 2 unspecified atom stereocenters. The fourth-order valence-electron chi connectivity index (χ4n) is 4.48. The van der Waals surface area contributed by atoms with Crippen molar-refractivity contribution in [1.29, 1.82) is 0 Å². The minimum Gasteiger partial charge on any atom is -0.350 e. The van der Waals surface area contributed by atoms with Crippen LogP contribution in [0, 0.1) is 5.82 Å². The first-order valence-corrected chi connectivity index (χ1v) is 13.9. The van der Waals surface area contributed by atoms with E-state index in [4.69, 9.17) is 11.6 Å². The summed E-state index contributed by atoms with van der Waals surface area (Å²) in [5.41, 5.74) is 0.860. The highest BCUT2D eigenvalue weighted by Crippen LogP contribution is 2.35. The third kappa shape index (κ3) is 5.61. The van der Waals surface area contributed by atoms with Gasteiger partial charge in [-0.3, -0.25) is 18.9 Å². The monoisotopic (exact) mass is 551 g/mol. The summed E-state index contributed by atoms with van der Waals surface area (Å²) in [6.07, 6.45) is -0.176. The number of benzene rings is 2. The topological polar surface area (TPSA) is 109 Å². The van der Waals surface area contributed by atoms with E-state index in [0.717, 1.165) is 4.90 Å². The van der Waals surface area contributed by atoms with E-state index in [1.54, 1.807) is 6.07 Å². The molecule has 2 N–H and O–H groups in total. The van der Waals surface area contributed by atoms with Gasteiger partial charge in [0.1, 0.15) is 24.6 Å². The number of aromatic nitrogens is 1. The maximum atomic E-state index is 14.3. The lowest BCUT2D eigenvalue weighted by Gasteiger charge is -2.24. The molecule has 1 aliphatic rings. The van der Waals surface area contributed by atoms with E-state index in [1.807, 2.05) is 0 Å². The molecule has 8 nitrogen and oxygen atoms in total. The molecule has 2 heterocycles. The number of carbonyl (C=O) groups is 3. The van der Waals surface area contributed by atoms with Crippen LogP contribution in [-0.2, 0) is 27.2 Å². The largest absolute Gasteiger partial charge is 0.350 e. The van der Waals surface area contributed by atoms with Gasteiger partial charge in [0.05, 0.1) is 17.1 Å². The Balaban J connectivity index is 1.57. The first-order chi connectivity index (χ1) is 17.4. The Labute approximate surface area is 216 Å². The number of nitrogens with one attached hydrogen (secondary N) is 1. The Morgan fingerprint density at radius 2 is 1.97 bits per heavy atom. The van der Waals surface area contributed by atoms with Crippen LogP contribution in [-0.4, -0.2) is 57.4 Å². The van der Waals surface area contributed by atoms with Crippen molar-refractivity contribution in [2.75, 3.05) is 13.2 Å². The van der Waals surface area contributed by atoms with Gasteiger partial charge in [0.2, 0.25) is 19.2 Å². The van der Waals surface area contributed by atoms with E-state index in [2.05, 4.69) is 5.32 Å². The van der Waals surface area contributed by atoms with Crippen LogP contribution in [0.2, 0.25) is 5.02 Å². The number of rotatable bonds is 7. The fourth-order valence-corrected chi connectivity index (χ4v) is 5.39. The Kier molecular flexibility index (Phi) is 7.55. The number of hydrogen-bond donors (Lipinski definition) is 2. The van der Waals surface area contributed by atoms with Crippen molar-refractivity contribution in [3.8, 4) is 0 Å². The molecule has 0 radical (unpaired) electrons. The molecule has 2 aromatic carbocycles. The lowest BCUT2D eigenvalue weighted by molar-refractivity contribution is -0.139. The van der Waals surface area contributed by atoms with Crippen LogP contribution in [0.1, 0.15) is 29.3 Å². The minimum absolute atomic E-state index is 0.0964. The SMILES string of the molecule is CC(=O)c1cn(CC(=O)N2C[C@H](F)CC2C(=O)NCc2cccc(Cl)c2F)c2cc(P(C)(=O)O)ccc12. The summed E-state index contributed by atoms with van der Waals surface area (Å²) in [6, 6.07) is 7.71. The summed E-state index contributed by atoms with van der Waals surface area (Å²) >= 11 is 5.77. The predicted octanol–water partition coefficient (Wildman–Crippen LogP) is 3.42. The Bertz CT molecular complexity index is 1450. The Hall–Kier alpha value is -3.07. The summed E-state index contributed by atoms with van der Waals surface area (Å²) < 4.78 is 42.2. The van der Waals surface area contributed by atoms with Crippen molar-refractivity contribution in [3.63, 3.8) is 0 Å². The number of fused-ring (bicyclic) bond motifs is 1. The van der Waals surface area contributed by atoms with Gasteiger partial charge < -0.3 is 19.7 Å². The lowest BCUT2D eigenvalue weighted by atomic mass is 10.1. The molecule has 2 amide bonds. The highest BCUT2D eigenvalue weighted by atomic mass is 35.5. The zero-order valence-electron chi connectivity index (χ0n) is 20.1. The van der Waals surface area contributed by atoms with E-state index < -0.39 is 37.2 Å². The van der Waals surface area contributed by atoms with Gasteiger partial charge in [0.15, 0.2) is 5.78 Å². The van der Waals surface area contributed by atoms with Crippen LogP contribution in [0.5, 0.6) is 0 Å². The van der Waals surface area contributed by atoms with Gasteiger partial charge in [-0.05, 0) is 25.1 Å². The smallest absolute Gasteiger partial charge is 0.243 e. The van der Waals surface area contributed by atoms with Crippen LogP contribution in [0.25, 0.3) is 10.9 Å². The molecule has 196 valence electrons. The van der Waals surface area contributed by atoms with E-state index in [0.29, 0.717) is 16.5 Å². The van der Waals surface area contributed by atoms with Crippen LogP contribution in [0.15, 0.2) is 42.6 Å². The maximum absolute atomic E-state index is 14.3. The van der Waals surface area contributed by atoms with E-state index >= 15 is 0 Å². The number of Topliss-reactive ketones (excluding diaryl/α,β-unsaturated/α-hetero) is 1. The molecule has 3 aromatic rings. The van der Waals surface area contributed by atoms with Crippen molar-refractivity contribution in [1.82, 2.24) is 14.8 Å². The van der Waals surface area contributed by atoms with E-state index in [1.165, 1.54) is 54.7 Å². The summed E-state index contributed by atoms with van der Waals surface area (Å²) in [6.45, 7) is 1.73. The van der Waals surface area contributed by atoms with Gasteiger partial charge in [-0.2, -0.15) is 0 Å². The number of nitrogens with zero attached hydrogens (tertiary/aromatic N) is 2. The Morgan fingerprint density at radius 1 is 1.24 bits per heavy atom. The van der Waals surface area contributed by atoms with Gasteiger partial charge in [0, 0.05) is 47.6 Å². The predicted molar refractivity (Wildman–Crippen MR) is 136 cm³/mol. The fraction of sp³-hybridized carbons (Fsp3) is 0.320. The summed E-state index contributed by atoms with van der Waals surface area (Å²) in [7, 11) is -3.61. The van der Waals surface area contributed by atoms with Gasteiger partial charge in [-0.15, -0.1) is 0 Å². The molecule has 0 bridgehead atoms. The third-order valence-corrected chi connectivity index (χ3v) is 7.92. The van der Waals surface area contributed by atoms with Crippen LogP contribution >= 0.6 is 19.0 Å². The molecular formula is C25H25ClF2N3O5P. The summed E-state index contributed by atoms with van der Waals surface area (Å²) in [5, 5.41) is 3.10. The second-order valence-corrected chi connectivity index (χ2v) is 11.8. The van der Waals surface area contributed by atoms with Gasteiger partial charge >= 0.3 is 0 Å². The molecule has 1 saturated heterocycles. The lowest BCUT2D eigenvalue weighted by Crippen LogP contribution is -2.46. The molecule has 12 heteroatoms. The van der Waals surface area contributed by atoms with E-state index in [-0.39, 0.29) is 47.7 Å². The number of amides is 2. The molecule has 1 aromatic heterocycles. The number of halogens is 3. The third-order valence-electron chi connectivity index (χ3n) is 6.39. The maximum Gasteiger partial charge on any atom is 0.243 e. The van der Waals surface area contributed by atoms with Crippen molar-refractivity contribution in [3.05, 3.63) is 64.6 Å². The molecule has 37 heavy (non-hydrogen) atoms. The summed E-state index contributed by atoms with van der Waals surface area (Å²) in [5.74, 6) is -2.14. The number of ketones is 1. The van der Waals surface area contributed by atoms with Crippen molar-refractivity contribution in [2.24, 2.45) is 0 Å².